The van der Waals surface area contributed by atoms with E-state index in [0.29, 0.717) is 0 Å². The summed E-state index contributed by atoms with van der Waals surface area (Å²) in [4.78, 5) is 0. The van der Waals surface area contributed by atoms with Crippen LogP contribution in [0.4, 0.5) is 0 Å². The highest BCUT2D eigenvalue weighted by molar-refractivity contribution is 5.97. The third kappa shape index (κ3) is 3.44. The summed E-state index contributed by atoms with van der Waals surface area (Å²) < 4.78 is 17.0. The van der Waals surface area contributed by atoms with Crippen LogP contribution < -0.4 is 14.2 Å². The smallest absolute Gasteiger partial charge is 0.142 e. The van der Waals surface area contributed by atoms with Crippen LogP contribution in [-0.2, 0) is 0 Å². The third-order valence-corrected chi connectivity index (χ3v) is 4.56. The Morgan fingerprint density at radius 2 is 1.22 bits per heavy atom. The molecule has 3 aromatic carbocycles. The zero-order valence-corrected chi connectivity index (χ0v) is 15.3. The predicted molar refractivity (Wildman–Crippen MR) is 109 cm³/mol. The van der Waals surface area contributed by atoms with Crippen LogP contribution in [0.5, 0.6) is 17.2 Å². The fraction of sp³-hybridized carbons (Fsp3) is 0.0833. The number of fused-ring (bicyclic) bond motifs is 1. The molecule has 0 bridgehead atoms. The number of hydrogen-bond acceptors (Lipinski definition) is 3. The van der Waals surface area contributed by atoms with E-state index in [4.69, 9.17) is 14.2 Å². The lowest BCUT2D eigenvalue weighted by atomic mass is 10.00. The maximum atomic E-state index is 6.39. The van der Waals surface area contributed by atoms with Crippen molar-refractivity contribution in [1.82, 2.24) is 0 Å². The number of methoxy groups -OCH3 is 2. The molecule has 3 aromatic rings. The van der Waals surface area contributed by atoms with Crippen molar-refractivity contribution in [1.29, 1.82) is 0 Å². The Morgan fingerprint density at radius 3 is 1.85 bits per heavy atom. The van der Waals surface area contributed by atoms with Gasteiger partial charge in [-0.3, -0.25) is 0 Å². The second kappa shape index (κ2) is 7.42. The van der Waals surface area contributed by atoms with Crippen molar-refractivity contribution in [2.75, 3.05) is 14.2 Å². The molecule has 0 unspecified atom stereocenters. The maximum absolute atomic E-state index is 6.39. The second-order valence-corrected chi connectivity index (χ2v) is 6.17. The lowest BCUT2D eigenvalue weighted by Gasteiger charge is -2.15. The zero-order chi connectivity index (χ0) is 18.6. The van der Waals surface area contributed by atoms with E-state index < -0.39 is 0 Å². The number of para-hydroxylation sites is 1. The SMILES string of the molecule is COc1ccc(C2=C(c3ccc(OC)cc3)Oc3ccccc3C=C2)cc1. The van der Waals surface area contributed by atoms with E-state index in [9.17, 15) is 0 Å². The van der Waals surface area contributed by atoms with Crippen LogP contribution in [0.1, 0.15) is 16.7 Å². The summed E-state index contributed by atoms with van der Waals surface area (Å²) in [6.45, 7) is 0. The minimum absolute atomic E-state index is 0.809. The van der Waals surface area contributed by atoms with Crippen LogP contribution >= 0.6 is 0 Å². The summed E-state index contributed by atoms with van der Waals surface area (Å²) >= 11 is 0. The van der Waals surface area contributed by atoms with Crippen LogP contribution in [-0.4, -0.2) is 14.2 Å². The first-order chi connectivity index (χ1) is 13.3. The van der Waals surface area contributed by atoms with E-state index in [1.165, 1.54) is 0 Å². The largest absolute Gasteiger partial charge is 0.497 e. The maximum Gasteiger partial charge on any atom is 0.142 e. The van der Waals surface area contributed by atoms with Gasteiger partial charge < -0.3 is 14.2 Å². The number of ether oxygens (including phenoxy) is 3. The molecular formula is C24H20O3. The molecule has 0 amide bonds. The molecule has 0 spiro atoms. The quantitative estimate of drug-likeness (QED) is 0.602. The van der Waals surface area contributed by atoms with Gasteiger partial charge in [-0.25, -0.2) is 0 Å². The molecule has 134 valence electrons. The normalized spacial score (nSPS) is 12.8. The molecule has 1 aliphatic rings. The fourth-order valence-corrected chi connectivity index (χ4v) is 3.08. The van der Waals surface area contributed by atoms with Gasteiger partial charge in [0.05, 0.1) is 14.2 Å². The molecule has 0 N–H and O–H groups in total. The number of hydrogen-bond donors (Lipinski definition) is 0. The van der Waals surface area contributed by atoms with Gasteiger partial charge in [0.25, 0.3) is 0 Å². The van der Waals surface area contributed by atoms with Crippen molar-refractivity contribution >= 4 is 17.4 Å². The van der Waals surface area contributed by atoms with Crippen molar-refractivity contribution in [2.24, 2.45) is 0 Å². The van der Waals surface area contributed by atoms with E-state index >= 15 is 0 Å². The number of rotatable bonds is 4. The average Bonchev–Trinajstić information content (AvgIpc) is 2.94. The van der Waals surface area contributed by atoms with Crippen molar-refractivity contribution < 1.29 is 14.2 Å². The van der Waals surface area contributed by atoms with E-state index in [-0.39, 0.29) is 0 Å². The van der Waals surface area contributed by atoms with Gasteiger partial charge in [-0.2, -0.15) is 0 Å². The Bertz CT molecular complexity index is 997. The van der Waals surface area contributed by atoms with Crippen LogP contribution in [0.3, 0.4) is 0 Å². The van der Waals surface area contributed by atoms with Crippen LogP contribution in [0.25, 0.3) is 17.4 Å². The molecule has 27 heavy (non-hydrogen) atoms. The molecule has 0 saturated heterocycles. The van der Waals surface area contributed by atoms with Crippen molar-refractivity contribution in [3.63, 3.8) is 0 Å². The minimum Gasteiger partial charge on any atom is -0.497 e. The minimum atomic E-state index is 0.809. The molecule has 0 atom stereocenters. The first-order valence-electron chi connectivity index (χ1n) is 8.76. The molecule has 0 saturated carbocycles. The number of benzene rings is 3. The molecular weight excluding hydrogens is 336 g/mol. The van der Waals surface area contributed by atoms with Gasteiger partial charge >= 0.3 is 0 Å². The second-order valence-electron chi connectivity index (χ2n) is 6.17. The lowest BCUT2D eigenvalue weighted by Crippen LogP contribution is -1.99. The summed E-state index contributed by atoms with van der Waals surface area (Å²) in [5.74, 6) is 3.29. The lowest BCUT2D eigenvalue weighted by molar-refractivity contribution is 0.414. The Labute approximate surface area is 159 Å². The van der Waals surface area contributed by atoms with Crippen LogP contribution in [0, 0.1) is 0 Å². The Balaban J connectivity index is 1.87. The monoisotopic (exact) mass is 356 g/mol. The van der Waals surface area contributed by atoms with Crippen LogP contribution in [0.15, 0.2) is 78.9 Å². The summed E-state index contributed by atoms with van der Waals surface area (Å²) in [6, 6.07) is 23.9. The van der Waals surface area contributed by atoms with Gasteiger partial charge in [0.1, 0.15) is 23.0 Å². The highest BCUT2D eigenvalue weighted by Gasteiger charge is 2.17. The topological polar surface area (TPSA) is 27.7 Å². The molecule has 0 radical (unpaired) electrons. The summed E-state index contributed by atoms with van der Waals surface area (Å²) in [5.41, 5.74) is 4.11. The Kier molecular flexibility index (Phi) is 4.67. The molecule has 0 aromatic heterocycles. The van der Waals surface area contributed by atoms with Gasteiger partial charge in [-0.15, -0.1) is 0 Å². The first kappa shape index (κ1) is 17.0. The van der Waals surface area contributed by atoms with Gasteiger partial charge in [0.15, 0.2) is 0 Å². The number of allylic oxidation sites excluding steroid dienone is 2. The van der Waals surface area contributed by atoms with Gasteiger partial charge in [0.2, 0.25) is 0 Å². The predicted octanol–water partition coefficient (Wildman–Crippen LogP) is 5.68. The van der Waals surface area contributed by atoms with Crippen LogP contribution in [0.2, 0.25) is 0 Å². The Hall–Kier alpha value is -3.46. The summed E-state index contributed by atoms with van der Waals surface area (Å²) in [6.07, 6.45) is 4.19. The van der Waals surface area contributed by atoms with E-state index in [1.54, 1.807) is 14.2 Å². The molecule has 1 heterocycles. The zero-order valence-electron chi connectivity index (χ0n) is 15.3. The van der Waals surface area contributed by atoms with Gasteiger partial charge in [0, 0.05) is 16.7 Å². The van der Waals surface area contributed by atoms with Gasteiger partial charge in [-0.05, 0) is 54.1 Å². The Morgan fingerprint density at radius 1 is 0.630 bits per heavy atom. The summed E-state index contributed by atoms with van der Waals surface area (Å²) in [7, 11) is 3.33. The van der Waals surface area contributed by atoms with Crippen molar-refractivity contribution in [3.8, 4) is 17.2 Å². The highest BCUT2D eigenvalue weighted by Crippen LogP contribution is 2.36. The molecule has 1 aliphatic heterocycles. The average molecular weight is 356 g/mol. The first-order valence-corrected chi connectivity index (χ1v) is 8.76. The summed E-state index contributed by atoms with van der Waals surface area (Å²) in [5, 5.41) is 0. The van der Waals surface area contributed by atoms with E-state index in [1.807, 2.05) is 66.7 Å². The molecule has 4 rings (SSSR count). The molecule has 3 nitrogen and oxygen atoms in total. The van der Waals surface area contributed by atoms with Crippen molar-refractivity contribution in [3.05, 3.63) is 95.6 Å². The van der Waals surface area contributed by atoms with E-state index in [2.05, 4.69) is 18.2 Å². The molecule has 3 heteroatoms. The molecule has 0 fully saturated rings. The molecule has 0 aliphatic carbocycles. The third-order valence-electron chi connectivity index (χ3n) is 4.56. The highest BCUT2D eigenvalue weighted by atomic mass is 16.5. The van der Waals surface area contributed by atoms with Gasteiger partial charge in [-0.1, -0.05) is 36.4 Å². The van der Waals surface area contributed by atoms with E-state index in [0.717, 1.165) is 45.3 Å². The standard InChI is InChI=1S/C24H20O3/c1-25-20-12-7-17(8-13-20)22-16-11-18-5-3-4-6-23(18)27-24(22)19-9-14-21(26-2)15-10-19/h3-16H,1-2H3. The fourth-order valence-electron chi connectivity index (χ4n) is 3.08. The van der Waals surface area contributed by atoms with Crippen molar-refractivity contribution in [2.45, 2.75) is 0 Å².